The Kier molecular flexibility index (Phi) is 11.7. The molecule has 1 aromatic heterocycles. The van der Waals surface area contributed by atoms with Crippen LogP contribution in [0.5, 0.6) is 11.5 Å². The van der Waals surface area contributed by atoms with Gasteiger partial charge in [0.1, 0.15) is 18.1 Å². The summed E-state index contributed by atoms with van der Waals surface area (Å²) in [6.45, 7) is 19.1. The lowest BCUT2D eigenvalue weighted by Crippen LogP contribution is -2.43. The smallest absolute Gasteiger partial charge is 0.361 e. The van der Waals surface area contributed by atoms with Crippen molar-refractivity contribution in [2.45, 2.75) is 72.0 Å². The summed E-state index contributed by atoms with van der Waals surface area (Å²) in [6, 6.07) is 20.9. The van der Waals surface area contributed by atoms with Crippen molar-refractivity contribution < 1.29 is 27.6 Å². The third-order valence-electron chi connectivity index (χ3n) is 9.35. The first-order valence-corrected chi connectivity index (χ1v) is 22.4. The molecule has 1 aliphatic heterocycles. The highest BCUT2D eigenvalue weighted by atomic mass is 32.1. The van der Waals surface area contributed by atoms with Gasteiger partial charge in [-0.3, -0.25) is 14.3 Å². The van der Waals surface area contributed by atoms with E-state index in [1.54, 1.807) is 37.3 Å². The van der Waals surface area contributed by atoms with Gasteiger partial charge in [0.05, 0.1) is 18.5 Å². The number of rotatable bonds is 14. The average molecular weight is 708 g/mol. The van der Waals surface area contributed by atoms with E-state index >= 15 is 0 Å². The second-order valence-electron chi connectivity index (χ2n) is 13.8. The van der Waals surface area contributed by atoms with Crippen molar-refractivity contribution in [3.63, 3.8) is 0 Å². The molecule has 0 aliphatic carbocycles. The second kappa shape index (κ2) is 15.4. The van der Waals surface area contributed by atoms with Crippen LogP contribution in [0.3, 0.4) is 0 Å². The molecule has 0 N–H and O–H groups in total. The summed E-state index contributed by atoms with van der Waals surface area (Å²) in [6.07, 6.45) is 3.83. The Morgan fingerprint density at radius 1 is 0.875 bits per heavy atom. The molecular formula is C38H50NO6PSSi. The van der Waals surface area contributed by atoms with Crippen LogP contribution >= 0.6 is 18.9 Å². The zero-order valence-corrected chi connectivity index (χ0v) is 32.2. The molecule has 0 radical (unpaired) electrons. The number of carbonyl (C=O) groups excluding carboxylic acids is 1. The van der Waals surface area contributed by atoms with E-state index in [1.165, 1.54) is 19.3 Å². The zero-order valence-electron chi connectivity index (χ0n) is 29.5. The fourth-order valence-corrected chi connectivity index (χ4v) is 9.48. The van der Waals surface area contributed by atoms with Gasteiger partial charge in [0.15, 0.2) is 5.78 Å². The average Bonchev–Trinajstić information content (AvgIpc) is 3.43. The summed E-state index contributed by atoms with van der Waals surface area (Å²) in [5.74, 6) is 1.51. The number of ketones is 1. The second-order valence-corrected chi connectivity index (χ2v) is 21.6. The van der Waals surface area contributed by atoms with Crippen LogP contribution in [0.1, 0.15) is 69.8 Å². The third-order valence-corrected chi connectivity index (χ3v) is 17.0. The number of likely N-dealkylation sites (tertiary alicyclic amines) is 1. The minimum atomic E-state index is -3.44. The highest BCUT2D eigenvalue weighted by Crippen LogP contribution is 2.48. The number of fused-ring (bicyclic) bond motifs is 1. The van der Waals surface area contributed by atoms with Gasteiger partial charge in [0, 0.05) is 32.6 Å². The summed E-state index contributed by atoms with van der Waals surface area (Å²) < 4.78 is 38.2. The molecule has 0 saturated carbocycles. The maximum absolute atomic E-state index is 14.3. The summed E-state index contributed by atoms with van der Waals surface area (Å²) >= 11 is 1.56. The molecule has 3 aromatic carbocycles. The quantitative estimate of drug-likeness (QED) is 0.0734. The molecule has 0 unspecified atom stereocenters. The van der Waals surface area contributed by atoms with Crippen LogP contribution in [-0.2, 0) is 13.6 Å². The Labute approximate surface area is 291 Å². The van der Waals surface area contributed by atoms with Crippen molar-refractivity contribution >= 4 is 48.4 Å². The molecule has 1 aliphatic rings. The van der Waals surface area contributed by atoms with Crippen LogP contribution in [-0.4, -0.2) is 58.5 Å². The van der Waals surface area contributed by atoms with E-state index in [2.05, 4.69) is 44.8 Å². The van der Waals surface area contributed by atoms with Crippen molar-refractivity contribution in [2.75, 3.05) is 39.5 Å². The Balaban J connectivity index is 1.48. The summed E-state index contributed by atoms with van der Waals surface area (Å²) in [5.41, 5.74) is 2.08. The van der Waals surface area contributed by atoms with E-state index in [9.17, 15) is 9.36 Å². The highest BCUT2D eigenvalue weighted by Gasteiger charge is 2.39. The van der Waals surface area contributed by atoms with Crippen molar-refractivity contribution in [2.24, 2.45) is 0 Å². The minimum Gasteiger partial charge on any atom is -0.543 e. The molecule has 1 fully saturated rings. The van der Waals surface area contributed by atoms with Gasteiger partial charge in [0.25, 0.3) is 0 Å². The number of nitrogens with zero attached hydrogens (tertiary/aromatic N) is 1. The topological polar surface area (TPSA) is 74.3 Å². The number of ether oxygens (including phenoxy) is 1. The first-order chi connectivity index (χ1) is 22.8. The number of hydrogen-bond acceptors (Lipinski definition) is 8. The SMILES string of the molecule is CCOP(=O)(OCC)c1ccc(-c2sc3cc(O[Si](C)(C)C(C)(C)C)ccc3c2C(=O)c2ccc(OCCN3CCCCC3)cc2)cc1. The minimum absolute atomic E-state index is 0.0529. The molecular weight excluding hydrogens is 658 g/mol. The van der Waals surface area contributed by atoms with Crippen LogP contribution in [0.4, 0.5) is 0 Å². The van der Waals surface area contributed by atoms with Gasteiger partial charge < -0.3 is 18.2 Å². The fourth-order valence-electron chi connectivity index (χ4n) is 5.66. The van der Waals surface area contributed by atoms with Crippen LogP contribution in [0.25, 0.3) is 20.5 Å². The Morgan fingerprint density at radius 2 is 1.50 bits per heavy atom. The van der Waals surface area contributed by atoms with Gasteiger partial charge >= 0.3 is 7.60 Å². The van der Waals surface area contributed by atoms with E-state index in [0.29, 0.717) is 23.0 Å². The standard InChI is InChI=1S/C38H50NO6PSSi/c1-8-43-46(41,44-9-2)32-20-15-29(16-21-32)37-35(33-22-19-31(27-34(33)47-37)45-48(6,7)38(3,4)5)36(40)28-13-17-30(18-14-28)42-26-25-39-23-11-10-12-24-39/h13-22,27H,8-12,23-26H2,1-7H3. The lowest BCUT2D eigenvalue weighted by molar-refractivity contribution is 0.104. The zero-order chi connectivity index (χ0) is 34.5. The molecule has 4 aromatic rings. The lowest BCUT2D eigenvalue weighted by Gasteiger charge is -2.36. The van der Waals surface area contributed by atoms with Gasteiger partial charge in [-0.2, -0.15) is 0 Å². The molecule has 48 heavy (non-hydrogen) atoms. The predicted octanol–water partition coefficient (Wildman–Crippen LogP) is 9.94. The van der Waals surface area contributed by atoms with Crippen LogP contribution in [0.2, 0.25) is 18.1 Å². The maximum atomic E-state index is 14.3. The molecule has 7 nitrogen and oxygen atoms in total. The fraction of sp³-hybridized carbons (Fsp3) is 0.447. The predicted molar refractivity (Wildman–Crippen MR) is 201 cm³/mol. The van der Waals surface area contributed by atoms with Gasteiger partial charge in [-0.15, -0.1) is 11.3 Å². The third kappa shape index (κ3) is 8.32. The highest BCUT2D eigenvalue weighted by molar-refractivity contribution is 7.62. The van der Waals surface area contributed by atoms with Crippen LogP contribution in [0.15, 0.2) is 66.7 Å². The molecule has 5 rings (SSSR count). The molecule has 0 bridgehead atoms. The monoisotopic (exact) mass is 707 g/mol. The van der Waals surface area contributed by atoms with E-state index in [4.69, 9.17) is 18.2 Å². The molecule has 0 spiro atoms. The normalized spacial score (nSPS) is 14.7. The molecule has 0 amide bonds. The van der Waals surface area contributed by atoms with E-state index in [1.807, 2.05) is 48.5 Å². The number of hydrogen-bond donors (Lipinski definition) is 0. The van der Waals surface area contributed by atoms with E-state index in [-0.39, 0.29) is 24.0 Å². The number of thiophene rings is 1. The molecule has 1 saturated heterocycles. The summed E-state index contributed by atoms with van der Waals surface area (Å²) in [4.78, 5) is 17.6. The number of piperidine rings is 1. The first-order valence-electron chi connectivity index (χ1n) is 17.1. The van der Waals surface area contributed by atoms with Crippen molar-refractivity contribution in [3.05, 3.63) is 77.9 Å². The summed E-state index contributed by atoms with van der Waals surface area (Å²) in [5, 5.41) is 1.42. The van der Waals surface area contributed by atoms with Gasteiger partial charge in [-0.1, -0.05) is 39.3 Å². The Bertz CT molecular complexity index is 1730. The molecule has 2 heterocycles. The lowest BCUT2D eigenvalue weighted by atomic mass is 9.97. The molecule has 10 heteroatoms. The van der Waals surface area contributed by atoms with Gasteiger partial charge in [0.2, 0.25) is 8.32 Å². The first kappa shape index (κ1) is 36.5. The maximum Gasteiger partial charge on any atom is 0.361 e. The summed E-state index contributed by atoms with van der Waals surface area (Å²) in [7, 11) is -5.51. The van der Waals surface area contributed by atoms with Gasteiger partial charge in [-0.05, 0) is 118 Å². The van der Waals surface area contributed by atoms with E-state index in [0.717, 1.165) is 51.7 Å². The van der Waals surface area contributed by atoms with Crippen molar-refractivity contribution in [1.82, 2.24) is 4.90 Å². The largest absolute Gasteiger partial charge is 0.543 e. The Morgan fingerprint density at radius 3 is 2.10 bits per heavy atom. The Hall–Kier alpha value is -2.78. The van der Waals surface area contributed by atoms with Crippen molar-refractivity contribution in [3.8, 4) is 21.9 Å². The van der Waals surface area contributed by atoms with E-state index < -0.39 is 15.9 Å². The number of benzene rings is 3. The molecule has 258 valence electrons. The number of carbonyl (C=O) groups is 1. The van der Waals surface area contributed by atoms with Crippen LogP contribution in [0, 0.1) is 0 Å². The van der Waals surface area contributed by atoms with Crippen molar-refractivity contribution in [1.29, 1.82) is 0 Å². The van der Waals surface area contributed by atoms with Gasteiger partial charge in [-0.25, -0.2) is 0 Å². The molecule has 0 atom stereocenters. The van der Waals surface area contributed by atoms with Crippen LogP contribution < -0.4 is 14.5 Å².